The van der Waals surface area contributed by atoms with Crippen LogP contribution in [0.3, 0.4) is 0 Å². The van der Waals surface area contributed by atoms with Gasteiger partial charge in [-0.3, -0.25) is 0 Å². The summed E-state index contributed by atoms with van der Waals surface area (Å²) in [6.45, 7) is 2.26. The number of hydrogen-bond acceptors (Lipinski definition) is 4. The Kier molecular flexibility index (Phi) is 5.11. The van der Waals surface area contributed by atoms with Crippen molar-refractivity contribution >= 4 is 0 Å². The highest BCUT2D eigenvalue weighted by Gasteiger charge is 2.12. The quantitative estimate of drug-likeness (QED) is 0.888. The number of aromatic nitrogens is 1. The van der Waals surface area contributed by atoms with Crippen LogP contribution < -0.4 is 14.8 Å². The first-order valence-electron chi connectivity index (χ1n) is 6.73. The molecule has 1 aromatic heterocycles. The summed E-state index contributed by atoms with van der Waals surface area (Å²) in [5, 5.41) is 3.09. The number of nitrogens with zero attached hydrogens (tertiary/aromatic N) is 1. The molecule has 0 aliphatic carbocycles. The van der Waals surface area contributed by atoms with Crippen LogP contribution in [0.4, 0.5) is 4.39 Å². The normalized spacial score (nSPS) is 12.0. The Morgan fingerprint density at radius 3 is 2.86 bits per heavy atom. The summed E-state index contributed by atoms with van der Waals surface area (Å²) < 4.78 is 24.4. The van der Waals surface area contributed by atoms with Gasteiger partial charge in [0.2, 0.25) is 5.88 Å². The average Bonchev–Trinajstić information content (AvgIpc) is 2.53. The van der Waals surface area contributed by atoms with E-state index in [1.54, 1.807) is 19.4 Å². The molecular weight excluding hydrogens is 271 g/mol. The fourth-order valence-electron chi connectivity index (χ4n) is 2.02. The molecule has 21 heavy (non-hydrogen) atoms. The van der Waals surface area contributed by atoms with Gasteiger partial charge in [0, 0.05) is 17.8 Å². The number of rotatable bonds is 6. The van der Waals surface area contributed by atoms with Gasteiger partial charge in [-0.15, -0.1) is 0 Å². The largest absolute Gasteiger partial charge is 0.488 e. The molecule has 0 saturated heterocycles. The fraction of sp³-hybridized carbons (Fsp3) is 0.312. The Balaban J connectivity index is 2.20. The molecule has 5 heteroatoms. The third-order valence-electron chi connectivity index (χ3n) is 3.30. The van der Waals surface area contributed by atoms with Crippen molar-refractivity contribution in [3.05, 3.63) is 53.5 Å². The van der Waals surface area contributed by atoms with E-state index in [2.05, 4.69) is 10.3 Å². The second-order valence-electron chi connectivity index (χ2n) is 4.65. The van der Waals surface area contributed by atoms with Gasteiger partial charge in [0.1, 0.15) is 18.2 Å². The lowest BCUT2D eigenvalue weighted by atomic mass is 10.1. The maximum absolute atomic E-state index is 13.4. The molecule has 0 saturated carbocycles. The predicted octanol–water partition coefficient (Wildman–Crippen LogP) is 3.09. The van der Waals surface area contributed by atoms with Crippen LogP contribution in [0.25, 0.3) is 0 Å². The Morgan fingerprint density at radius 1 is 1.33 bits per heavy atom. The van der Waals surface area contributed by atoms with Gasteiger partial charge in [-0.2, -0.15) is 0 Å². The van der Waals surface area contributed by atoms with Gasteiger partial charge in [0.05, 0.1) is 12.7 Å². The first-order chi connectivity index (χ1) is 10.2. The summed E-state index contributed by atoms with van der Waals surface area (Å²) in [5.74, 6) is 0.894. The van der Waals surface area contributed by atoms with Crippen LogP contribution >= 0.6 is 0 Å². The molecule has 4 nitrogen and oxygen atoms in total. The number of ether oxygens (including phenoxy) is 2. The SMILES string of the molecule is CNC(C)c1cc(F)ccc1OCc1cccnc1OC. The van der Waals surface area contributed by atoms with Gasteiger partial charge in [-0.1, -0.05) is 0 Å². The molecule has 1 aromatic carbocycles. The Labute approximate surface area is 123 Å². The number of nitrogens with one attached hydrogen (secondary N) is 1. The summed E-state index contributed by atoms with van der Waals surface area (Å²) in [5.41, 5.74) is 1.62. The van der Waals surface area contributed by atoms with Crippen LogP contribution in [-0.4, -0.2) is 19.1 Å². The maximum atomic E-state index is 13.4. The summed E-state index contributed by atoms with van der Waals surface area (Å²) >= 11 is 0. The standard InChI is InChI=1S/C16H19FN2O2/c1-11(18-2)14-9-13(17)6-7-15(14)21-10-12-5-4-8-19-16(12)20-3/h4-9,11,18H,10H2,1-3H3. The van der Waals surface area contributed by atoms with Crippen LogP contribution in [0.2, 0.25) is 0 Å². The van der Waals surface area contributed by atoms with Crippen molar-refractivity contribution in [3.8, 4) is 11.6 Å². The second kappa shape index (κ2) is 7.04. The molecule has 0 amide bonds. The number of halogens is 1. The van der Waals surface area contributed by atoms with E-state index in [0.29, 0.717) is 18.2 Å². The van der Waals surface area contributed by atoms with Crippen molar-refractivity contribution in [3.63, 3.8) is 0 Å². The van der Waals surface area contributed by atoms with Crippen LogP contribution in [0.5, 0.6) is 11.6 Å². The lowest BCUT2D eigenvalue weighted by Gasteiger charge is -2.17. The summed E-state index contributed by atoms with van der Waals surface area (Å²) in [6.07, 6.45) is 1.66. The van der Waals surface area contributed by atoms with Crippen LogP contribution in [0.1, 0.15) is 24.1 Å². The molecule has 2 aromatic rings. The van der Waals surface area contributed by atoms with Crippen molar-refractivity contribution in [1.82, 2.24) is 10.3 Å². The van der Waals surface area contributed by atoms with Crippen LogP contribution in [-0.2, 0) is 6.61 Å². The highest BCUT2D eigenvalue weighted by Crippen LogP contribution is 2.27. The van der Waals surface area contributed by atoms with E-state index in [1.165, 1.54) is 12.1 Å². The van der Waals surface area contributed by atoms with E-state index in [1.807, 2.05) is 26.1 Å². The van der Waals surface area contributed by atoms with Crippen molar-refractivity contribution in [1.29, 1.82) is 0 Å². The molecule has 2 rings (SSSR count). The molecule has 0 aliphatic rings. The molecule has 0 radical (unpaired) electrons. The minimum absolute atomic E-state index is 0.00788. The zero-order chi connectivity index (χ0) is 15.2. The molecule has 1 heterocycles. The predicted molar refractivity (Wildman–Crippen MR) is 79.0 cm³/mol. The van der Waals surface area contributed by atoms with E-state index in [9.17, 15) is 4.39 Å². The van der Waals surface area contributed by atoms with Crippen molar-refractivity contribution in [2.45, 2.75) is 19.6 Å². The van der Waals surface area contributed by atoms with Crippen molar-refractivity contribution in [2.24, 2.45) is 0 Å². The first kappa shape index (κ1) is 15.3. The Bertz CT molecular complexity index is 605. The third kappa shape index (κ3) is 3.70. The summed E-state index contributed by atoms with van der Waals surface area (Å²) in [7, 11) is 3.39. The maximum Gasteiger partial charge on any atom is 0.219 e. The van der Waals surface area contributed by atoms with E-state index in [4.69, 9.17) is 9.47 Å². The lowest BCUT2D eigenvalue weighted by Crippen LogP contribution is -2.14. The number of pyridine rings is 1. The summed E-state index contributed by atoms with van der Waals surface area (Å²) in [6, 6.07) is 8.21. The molecule has 0 aliphatic heterocycles. The van der Waals surface area contributed by atoms with Gasteiger partial charge in [0.25, 0.3) is 0 Å². The molecule has 0 fully saturated rings. The molecule has 1 unspecified atom stereocenters. The van der Waals surface area contributed by atoms with Crippen molar-refractivity contribution < 1.29 is 13.9 Å². The minimum atomic E-state index is -0.279. The van der Waals surface area contributed by atoms with E-state index in [-0.39, 0.29) is 11.9 Å². The smallest absolute Gasteiger partial charge is 0.219 e. The Morgan fingerprint density at radius 2 is 2.14 bits per heavy atom. The number of methoxy groups -OCH3 is 1. The van der Waals surface area contributed by atoms with Gasteiger partial charge in [0.15, 0.2) is 0 Å². The van der Waals surface area contributed by atoms with Crippen LogP contribution in [0.15, 0.2) is 36.5 Å². The third-order valence-corrected chi connectivity index (χ3v) is 3.30. The van der Waals surface area contributed by atoms with Gasteiger partial charge >= 0.3 is 0 Å². The lowest BCUT2D eigenvalue weighted by molar-refractivity contribution is 0.288. The average molecular weight is 290 g/mol. The first-order valence-corrected chi connectivity index (χ1v) is 6.73. The monoisotopic (exact) mass is 290 g/mol. The molecule has 0 spiro atoms. The highest BCUT2D eigenvalue weighted by molar-refractivity contribution is 5.37. The van der Waals surface area contributed by atoms with E-state index >= 15 is 0 Å². The molecule has 0 bridgehead atoms. The minimum Gasteiger partial charge on any atom is -0.488 e. The second-order valence-corrected chi connectivity index (χ2v) is 4.65. The number of hydrogen-bond donors (Lipinski definition) is 1. The van der Waals surface area contributed by atoms with Gasteiger partial charge < -0.3 is 14.8 Å². The highest BCUT2D eigenvalue weighted by atomic mass is 19.1. The molecule has 1 N–H and O–H groups in total. The topological polar surface area (TPSA) is 43.4 Å². The molecule has 112 valence electrons. The molecule has 1 atom stereocenters. The number of benzene rings is 1. The van der Waals surface area contributed by atoms with E-state index in [0.717, 1.165) is 11.1 Å². The van der Waals surface area contributed by atoms with Gasteiger partial charge in [-0.05, 0) is 44.3 Å². The zero-order valence-corrected chi connectivity index (χ0v) is 12.4. The van der Waals surface area contributed by atoms with E-state index < -0.39 is 0 Å². The Hall–Kier alpha value is -2.14. The van der Waals surface area contributed by atoms with Crippen LogP contribution in [0, 0.1) is 5.82 Å². The van der Waals surface area contributed by atoms with Crippen molar-refractivity contribution in [2.75, 3.05) is 14.2 Å². The summed E-state index contributed by atoms with van der Waals surface area (Å²) in [4.78, 5) is 4.12. The van der Waals surface area contributed by atoms with Gasteiger partial charge in [-0.25, -0.2) is 9.37 Å². The fourth-order valence-corrected chi connectivity index (χ4v) is 2.02. The zero-order valence-electron chi connectivity index (χ0n) is 12.4. The molecular formula is C16H19FN2O2.